The van der Waals surface area contributed by atoms with E-state index in [0.29, 0.717) is 16.5 Å². The molecule has 27 heavy (non-hydrogen) atoms. The summed E-state index contributed by atoms with van der Waals surface area (Å²) in [5, 5.41) is 19.3. The number of rotatable bonds is 4. The molecule has 0 radical (unpaired) electrons. The lowest BCUT2D eigenvalue weighted by Gasteiger charge is -2.17. The predicted octanol–water partition coefficient (Wildman–Crippen LogP) is 3.62. The fourth-order valence-corrected chi connectivity index (χ4v) is 5.03. The van der Waals surface area contributed by atoms with Gasteiger partial charge < -0.3 is 9.88 Å². The van der Waals surface area contributed by atoms with Crippen LogP contribution in [0.5, 0.6) is 0 Å². The van der Waals surface area contributed by atoms with E-state index in [9.17, 15) is 23.2 Å². The van der Waals surface area contributed by atoms with E-state index in [0.717, 1.165) is 46.0 Å². The minimum atomic E-state index is -4.60. The Balaban J connectivity index is 1.67. The molecule has 0 saturated heterocycles. The lowest BCUT2D eigenvalue weighted by molar-refractivity contribution is -0.147. The van der Waals surface area contributed by atoms with E-state index < -0.39 is 17.9 Å². The summed E-state index contributed by atoms with van der Waals surface area (Å²) in [5.74, 6) is -1.11. The Morgan fingerprint density at radius 2 is 2.22 bits per heavy atom. The number of aromatic nitrogens is 3. The van der Waals surface area contributed by atoms with Crippen LogP contribution in [0.4, 0.5) is 18.2 Å². The Hall–Kier alpha value is -2.06. The first-order valence-corrected chi connectivity index (χ1v) is 9.94. The zero-order valence-corrected chi connectivity index (χ0v) is 16.2. The van der Waals surface area contributed by atoms with Gasteiger partial charge in [-0.25, -0.2) is 0 Å². The highest BCUT2D eigenvalue weighted by Gasteiger charge is 2.37. The number of anilines is 1. The summed E-state index contributed by atoms with van der Waals surface area (Å²) in [6.07, 6.45) is -1.88. The Bertz CT molecular complexity index is 913. The molecule has 0 fully saturated rings. The monoisotopic (exact) mass is 415 g/mol. The third-order valence-corrected chi connectivity index (χ3v) is 6.49. The minimum absolute atomic E-state index is 0.00252. The second kappa shape index (κ2) is 7.52. The topological polar surface area (TPSA) is 83.6 Å². The maximum absolute atomic E-state index is 12.7. The summed E-state index contributed by atoms with van der Waals surface area (Å²) in [5.41, 5.74) is 1.50. The number of thioether (sulfide) groups is 1. The maximum Gasteiger partial charge on any atom is 0.451 e. The van der Waals surface area contributed by atoms with E-state index in [4.69, 9.17) is 0 Å². The summed E-state index contributed by atoms with van der Waals surface area (Å²) in [6, 6.07) is 2.16. The van der Waals surface area contributed by atoms with Crippen LogP contribution >= 0.6 is 23.1 Å². The van der Waals surface area contributed by atoms with Crippen LogP contribution in [0.25, 0.3) is 0 Å². The van der Waals surface area contributed by atoms with Gasteiger partial charge in [0.05, 0.1) is 11.3 Å². The zero-order chi connectivity index (χ0) is 19.8. The Labute approximate surface area is 161 Å². The molecule has 1 atom stereocenters. The quantitative estimate of drug-likeness (QED) is 0.771. The van der Waals surface area contributed by atoms with Crippen molar-refractivity contribution in [3.8, 4) is 6.07 Å². The Morgan fingerprint density at radius 3 is 2.85 bits per heavy atom. The van der Waals surface area contributed by atoms with Crippen LogP contribution < -0.4 is 5.32 Å². The highest BCUT2D eigenvalue weighted by atomic mass is 32.2. The van der Waals surface area contributed by atoms with Crippen LogP contribution in [-0.2, 0) is 30.9 Å². The van der Waals surface area contributed by atoms with Crippen molar-refractivity contribution in [3.05, 3.63) is 21.8 Å². The molecular formula is C16H16F3N5OS2. The molecule has 2 heterocycles. The normalized spacial score (nSPS) is 16.7. The largest absolute Gasteiger partial charge is 0.451 e. The average Bonchev–Trinajstić information content (AvgIpc) is 3.11. The molecule has 11 heteroatoms. The number of carbonyl (C=O) groups is 1. The summed E-state index contributed by atoms with van der Waals surface area (Å²) in [6.45, 7) is 2.15. The number of hydrogen-bond acceptors (Lipinski definition) is 6. The number of fused-ring (bicyclic) bond motifs is 1. The van der Waals surface area contributed by atoms with Gasteiger partial charge in [-0.05, 0) is 30.7 Å². The molecule has 0 spiro atoms. The van der Waals surface area contributed by atoms with Crippen LogP contribution in [0.15, 0.2) is 5.16 Å². The van der Waals surface area contributed by atoms with E-state index in [-0.39, 0.29) is 10.9 Å². The SMILES string of the molecule is C[C@H]1CCc2c(sc(NC(=O)CSc3nnc(C(F)(F)F)n3C)c2C#N)C1. The number of carbonyl (C=O) groups excluding carboxylic acids is 1. The molecule has 0 aromatic carbocycles. The molecule has 2 aromatic heterocycles. The van der Waals surface area contributed by atoms with Crippen molar-refractivity contribution in [2.24, 2.45) is 13.0 Å². The number of hydrogen-bond donors (Lipinski definition) is 1. The smallest absolute Gasteiger partial charge is 0.316 e. The summed E-state index contributed by atoms with van der Waals surface area (Å²) < 4.78 is 39.0. The van der Waals surface area contributed by atoms with Gasteiger partial charge in [0.15, 0.2) is 5.16 Å². The van der Waals surface area contributed by atoms with E-state index in [1.165, 1.54) is 18.4 Å². The van der Waals surface area contributed by atoms with Crippen molar-refractivity contribution in [2.75, 3.05) is 11.1 Å². The summed E-state index contributed by atoms with van der Waals surface area (Å²) in [4.78, 5) is 13.4. The van der Waals surface area contributed by atoms with Crippen molar-refractivity contribution in [3.63, 3.8) is 0 Å². The third kappa shape index (κ3) is 4.11. The zero-order valence-electron chi connectivity index (χ0n) is 14.6. The van der Waals surface area contributed by atoms with E-state index in [2.05, 4.69) is 28.5 Å². The van der Waals surface area contributed by atoms with Crippen LogP contribution in [0.3, 0.4) is 0 Å². The second-order valence-electron chi connectivity index (χ2n) is 6.37. The first kappa shape index (κ1) is 19.7. The van der Waals surface area contributed by atoms with Crippen molar-refractivity contribution in [2.45, 2.75) is 37.5 Å². The number of alkyl halides is 3. The first-order chi connectivity index (χ1) is 12.7. The van der Waals surface area contributed by atoms with Crippen LogP contribution in [-0.4, -0.2) is 26.4 Å². The molecule has 144 valence electrons. The number of nitriles is 1. The number of halogens is 3. The number of nitrogens with zero attached hydrogens (tertiary/aromatic N) is 4. The van der Waals surface area contributed by atoms with E-state index in [1.807, 2.05) is 0 Å². The molecule has 0 saturated carbocycles. The van der Waals surface area contributed by atoms with E-state index in [1.54, 1.807) is 0 Å². The van der Waals surface area contributed by atoms with Crippen LogP contribution in [0.1, 0.15) is 35.2 Å². The van der Waals surface area contributed by atoms with Crippen molar-refractivity contribution in [1.82, 2.24) is 14.8 Å². The molecule has 1 aliphatic carbocycles. The first-order valence-electron chi connectivity index (χ1n) is 8.14. The van der Waals surface area contributed by atoms with Gasteiger partial charge in [0.2, 0.25) is 11.7 Å². The van der Waals surface area contributed by atoms with Gasteiger partial charge in [0.1, 0.15) is 11.1 Å². The minimum Gasteiger partial charge on any atom is -0.316 e. The van der Waals surface area contributed by atoms with Gasteiger partial charge in [0.25, 0.3) is 0 Å². The molecular weight excluding hydrogens is 399 g/mol. The van der Waals surface area contributed by atoms with Crippen molar-refractivity contribution in [1.29, 1.82) is 5.26 Å². The van der Waals surface area contributed by atoms with Crippen molar-refractivity contribution >= 4 is 34.0 Å². The number of amides is 1. The standard InChI is InChI=1S/C16H16F3N5OS2/c1-8-3-4-9-10(6-20)13(27-11(9)5-8)21-12(25)7-26-15-23-22-14(24(15)2)16(17,18)19/h8H,3-5,7H2,1-2H3,(H,21,25)/t8-/m0/s1. The fourth-order valence-electron chi connectivity index (χ4n) is 2.94. The van der Waals surface area contributed by atoms with Gasteiger partial charge >= 0.3 is 6.18 Å². The molecule has 0 aliphatic heterocycles. The Morgan fingerprint density at radius 1 is 1.48 bits per heavy atom. The fraction of sp³-hybridized carbons (Fsp3) is 0.500. The van der Waals surface area contributed by atoms with Gasteiger partial charge in [-0.3, -0.25) is 4.79 Å². The molecule has 3 rings (SSSR count). The highest BCUT2D eigenvalue weighted by molar-refractivity contribution is 7.99. The average molecular weight is 415 g/mol. The predicted molar refractivity (Wildman–Crippen MR) is 95.6 cm³/mol. The molecule has 1 amide bonds. The van der Waals surface area contributed by atoms with Gasteiger partial charge in [-0.2, -0.15) is 18.4 Å². The lowest BCUT2D eigenvalue weighted by atomic mass is 9.89. The molecule has 6 nitrogen and oxygen atoms in total. The molecule has 1 N–H and O–H groups in total. The summed E-state index contributed by atoms with van der Waals surface area (Å²) >= 11 is 2.26. The molecule has 0 unspecified atom stereocenters. The molecule has 0 bridgehead atoms. The number of thiophene rings is 1. The number of nitrogens with one attached hydrogen (secondary N) is 1. The van der Waals surface area contributed by atoms with E-state index >= 15 is 0 Å². The van der Waals surface area contributed by atoms with Gasteiger partial charge in [-0.15, -0.1) is 21.5 Å². The lowest BCUT2D eigenvalue weighted by Crippen LogP contribution is -2.15. The highest BCUT2D eigenvalue weighted by Crippen LogP contribution is 2.39. The summed E-state index contributed by atoms with van der Waals surface area (Å²) in [7, 11) is 1.20. The molecule has 1 aliphatic rings. The Kier molecular flexibility index (Phi) is 5.48. The van der Waals surface area contributed by atoms with Crippen LogP contribution in [0.2, 0.25) is 0 Å². The second-order valence-corrected chi connectivity index (χ2v) is 8.42. The maximum atomic E-state index is 12.7. The van der Waals surface area contributed by atoms with Gasteiger partial charge in [-0.1, -0.05) is 18.7 Å². The third-order valence-electron chi connectivity index (χ3n) is 4.30. The van der Waals surface area contributed by atoms with Crippen molar-refractivity contribution < 1.29 is 18.0 Å². The van der Waals surface area contributed by atoms with Gasteiger partial charge in [0, 0.05) is 11.9 Å². The van der Waals surface area contributed by atoms with Crippen LogP contribution in [0, 0.1) is 17.2 Å². The molecule has 2 aromatic rings.